The number of carbonyl (C=O) groups excluding carboxylic acids is 2. The van der Waals surface area contributed by atoms with Gasteiger partial charge in [-0.25, -0.2) is 0 Å². The first-order valence-corrected chi connectivity index (χ1v) is 7.32. The first-order chi connectivity index (χ1) is 10.0. The number of morpholine rings is 1. The summed E-state index contributed by atoms with van der Waals surface area (Å²) in [4.78, 5) is 25.7. The molecule has 0 radical (unpaired) electrons. The van der Waals surface area contributed by atoms with Crippen LogP contribution in [0.4, 0.5) is 0 Å². The van der Waals surface area contributed by atoms with Crippen molar-refractivity contribution in [2.75, 3.05) is 20.2 Å². The number of nitrogens with one attached hydrogen (secondary N) is 1. The molecule has 0 aliphatic carbocycles. The van der Waals surface area contributed by atoms with E-state index in [2.05, 4.69) is 5.32 Å². The first kappa shape index (κ1) is 15.8. The molecule has 114 valence electrons. The minimum absolute atomic E-state index is 0.0786. The van der Waals surface area contributed by atoms with Crippen molar-refractivity contribution in [2.24, 2.45) is 0 Å². The minimum atomic E-state index is -0.708. The molecule has 1 aromatic rings. The second kappa shape index (κ2) is 6.91. The van der Waals surface area contributed by atoms with Gasteiger partial charge in [0.25, 0.3) is 5.91 Å². The molecule has 6 heteroatoms. The molecular formula is C15H19ClN2O3. The van der Waals surface area contributed by atoms with Crippen LogP contribution in [0.5, 0.6) is 0 Å². The van der Waals surface area contributed by atoms with Gasteiger partial charge in [0, 0.05) is 18.6 Å². The summed E-state index contributed by atoms with van der Waals surface area (Å²) in [6.07, 6.45) is 0.138. The third kappa shape index (κ3) is 3.54. The molecule has 1 aromatic carbocycles. The fourth-order valence-electron chi connectivity index (χ4n) is 2.34. The van der Waals surface area contributed by atoms with Gasteiger partial charge in [0.05, 0.1) is 6.04 Å². The van der Waals surface area contributed by atoms with Crippen LogP contribution >= 0.6 is 11.6 Å². The quantitative estimate of drug-likeness (QED) is 0.922. The molecule has 1 heterocycles. The van der Waals surface area contributed by atoms with Gasteiger partial charge in [0.15, 0.2) is 6.10 Å². The molecule has 1 saturated heterocycles. The molecule has 0 saturated carbocycles. The molecule has 1 N–H and O–H groups in total. The number of nitrogens with zero attached hydrogens (tertiary/aromatic N) is 1. The SMILES string of the molecule is CCCNC(=O)C1OCC(=O)N(C)C1c1ccc(Cl)cc1. The number of halogens is 1. The van der Waals surface area contributed by atoms with Gasteiger partial charge in [-0.2, -0.15) is 0 Å². The van der Waals surface area contributed by atoms with Crippen LogP contribution in [0.1, 0.15) is 24.9 Å². The average Bonchev–Trinajstić information content (AvgIpc) is 2.48. The number of rotatable bonds is 4. The number of amides is 2. The average molecular weight is 311 g/mol. The van der Waals surface area contributed by atoms with Crippen molar-refractivity contribution in [3.8, 4) is 0 Å². The molecule has 5 nitrogen and oxygen atoms in total. The molecule has 2 unspecified atom stereocenters. The first-order valence-electron chi connectivity index (χ1n) is 6.95. The summed E-state index contributed by atoms with van der Waals surface area (Å²) in [5.74, 6) is -0.342. The predicted molar refractivity (Wildman–Crippen MR) is 80.0 cm³/mol. The molecule has 2 amide bonds. The highest BCUT2D eigenvalue weighted by molar-refractivity contribution is 6.30. The lowest BCUT2D eigenvalue weighted by molar-refractivity contribution is -0.162. The number of benzene rings is 1. The largest absolute Gasteiger partial charge is 0.356 e. The van der Waals surface area contributed by atoms with E-state index in [-0.39, 0.29) is 18.4 Å². The molecule has 1 aliphatic heterocycles. The zero-order valence-electron chi connectivity index (χ0n) is 12.1. The number of hydrogen-bond donors (Lipinski definition) is 1. The Morgan fingerprint density at radius 2 is 2.10 bits per heavy atom. The third-order valence-electron chi connectivity index (χ3n) is 3.50. The lowest BCUT2D eigenvalue weighted by Crippen LogP contribution is -2.53. The highest BCUT2D eigenvalue weighted by atomic mass is 35.5. The maximum Gasteiger partial charge on any atom is 0.251 e. The van der Waals surface area contributed by atoms with Crippen LogP contribution in [-0.4, -0.2) is 43.0 Å². The predicted octanol–water partition coefficient (Wildman–Crippen LogP) is 1.76. The Labute approximate surface area is 129 Å². The van der Waals surface area contributed by atoms with Gasteiger partial charge in [-0.05, 0) is 24.1 Å². The Morgan fingerprint density at radius 3 is 2.71 bits per heavy atom. The number of carbonyl (C=O) groups is 2. The topological polar surface area (TPSA) is 58.6 Å². The highest BCUT2D eigenvalue weighted by Crippen LogP contribution is 2.29. The standard InChI is InChI=1S/C15H19ClN2O3/c1-3-8-17-15(20)14-13(18(2)12(19)9-21-14)10-4-6-11(16)7-5-10/h4-7,13-14H,3,8-9H2,1-2H3,(H,17,20). The Balaban J connectivity index is 2.26. The maximum absolute atomic E-state index is 12.3. The smallest absolute Gasteiger partial charge is 0.251 e. The van der Waals surface area contributed by atoms with Gasteiger partial charge >= 0.3 is 0 Å². The van der Waals surface area contributed by atoms with Crippen molar-refractivity contribution in [3.05, 3.63) is 34.9 Å². The van der Waals surface area contributed by atoms with Crippen molar-refractivity contribution in [2.45, 2.75) is 25.5 Å². The molecule has 0 spiro atoms. The van der Waals surface area contributed by atoms with E-state index in [9.17, 15) is 9.59 Å². The molecule has 2 rings (SSSR count). The highest BCUT2D eigenvalue weighted by Gasteiger charge is 2.39. The summed E-state index contributed by atoms with van der Waals surface area (Å²) in [5.41, 5.74) is 0.826. The van der Waals surface area contributed by atoms with E-state index in [1.807, 2.05) is 19.1 Å². The molecule has 2 atom stereocenters. The normalized spacial score (nSPS) is 22.2. The van der Waals surface area contributed by atoms with Crippen molar-refractivity contribution in [1.82, 2.24) is 10.2 Å². The summed E-state index contributed by atoms with van der Waals surface area (Å²) in [7, 11) is 1.68. The summed E-state index contributed by atoms with van der Waals surface area (Å²) < 4.78 is 5.48. The lowest BCUT2D eigenvalue weighted by atomic mass is 9.97. The van der Waals surface area contributed by atoms with Crippen molar-refractivity contribution < 1.29 is 14.3 Å². The minimum Gasteiger partial charge on any atom is -0.356 e. The Kier molecular flexibility index (Phi) is 5.20. The van der Waals surface area contributed by atoms with Crippen LogP contribution in [0.25, 0.3) is 0 Å². The molecule has 1 fully saturated rings. The van der Waals surface area contributed by atoms with Gasteiger partial charge in [-0.3, -0.25) is 9.59 Å². The molecule has 1 aliphatic rings. The van der Waals surface area contributed by atoms with Gasteiger partial charge in [-0.1, -0.05) is 30.7 Å². The van der Waals surface area contributed by atoms with Gasteiger partial charge in [-0.15, -0.1) is 0 Å². The van der Waals surface area contributed by atoms with E-state index in [1.165, 1.54) is 0 Å². The zero-order valence-corrected chi connectivity index (χ0v) is 12.9. The number of ether oxygens (including phenoxy) is 1. The van der Waals surface area contributed by atoms with Crippen LogP contribution in [0.3, 0.4) is 0 Å². The van der Waals surface area contributed by atoms with Crippen molar-refractivity contribution in [3.63, 3.8) is 0 Å². The molecule has 0 aromatic heterocycles. The molecular weight excluding hydrogens is 292 g/mol. The Morgan fingerprint density at radius 1 is 1.43 bits per heavy atom. The Bertz CT molecular complexity index is 518. The van der Waals surface area contributed by atoms with Crippen LogP contribution < -0.4 is 5.32 Å². The summed E-state index contributed by atoms with van der Waals surface area (Å²) in [5, 5.41) is 3.43. The van der Waals surface area contributed by atoms with E-state index in [0.717, 1.165) is 12.0 Å². The van der Waals surface area contributed by atoms with Crippen molar-refractivity contribution in [1.29, 1.82) is 0 Å². The summed E-state index contributed by atoms with van der Waals surface area (Å²) in [6.45, 7) is 2.49. The van der Waals surface area contributed by atoms with Gasteiger partial charge < -0.3 is 15.0 Å². The molecule has 21 heavy (non-hydrogen) atoms. The summed E-state index contributed by atoms with van der Waals surface area (Å²) in [6, 6.07) is 6.66. The van der Waals surface area contributed by atoms with Crippen LogP contribution in [-0.2, 0) is 14.3 Å². The van der Waals surface area contributed by atoms with E-state index in [0.29, 0.717) is 11.6 Å². The number of likely N-dealkylation sites (N-methyl/N-ethyl adjacent to an activating group) is 1. The van der Waals surface area contributed by atoms with E-state index in [4.69, 9.17) is 16.3 Å². The van der Waals surface area contributed by atoms with E-state index in [1.54, 1.807) is 24.1 Å². The number of hydrogen-bond acceptors (Lipinski definition) is 3. The second-order valence-corrected chi connectivity index (χ2v) is 5.46. The fraction of sp³-hybridized carbons (Fsp3) is 0.467. The van der Waals surface area contributed by atoms with Crippen LogP contribution in [0.15, 0.2) is 24.3 Å². The summed E-state index contributed by atoms with van der Waals surface area (Å²) >= 11 is 5.89. The fourth-order valence-corrected chi connectivity index (χ4v) is 2.46. The Hall–Kier alpha value is -1.59. The van der Waals surface area contributed by atoms with Gasteiger partial charge in [0.2, 0.25) is 5.91 Å². The monoisotopic (exact) mass is 310 g/mol. The van der Waals surface area contributed by atoms with E-state index >= 15 is 0 Å². The van der Waals surface area contributed by atoms with Crippen molar-refractivity contribution >= 4 is 23.4 Å². The van der Waals surface area contributed by atoms with Crippen LogP contribution in [0.2, 0.25) is 5.02 Å². The van der Waals surface area contributed by atoms with E-state index < -0.39 is 12.1 Å². The van der Waals surface area contributed by atoms with Crippen LogP contribution in [0, 0.1) is 0 Å². The zero-order chi connectivity index (χ0) is 15.4. The molecule has 0 bridgehead atoms. The lowest BCUT2D eigenvalue weighted by Gasteiger charge is -2.38. The third-order valence-corrected chi connectivity index (χ3v) is 3.75. The second-order valence-electron chi connectivity index (χ2n) is 5.02. The maximum atomic E-state index is 12.3. The van der Waals surface area contributed by atoms with Gasteiger partial charge in [0.1, 0.15) is 6.61 Å².